The van der Waals surface area contributed by atoms with Gasteiger partial charge in [-0.15, -0.1) is 0 Å². The predicted molar refractivity (Wildman–Crippen MR) is 110 cm³/mol. The van der Waals surface area contributed by atoms with Crippen LogP contribution in [0.15, 0.2) is 65.7 Å². The molecular weight excluding hydrogens is 336 g/mol. The van der Waals surface area contributed by atoms with Crippen LogP contribution in [-0.4, -0.2) is 32.3 Å². The Morgan fingerprint density at radius 1 is 0.704 bits per heavy atom. The van der Waals surface area contributed by atoms with E-state index in [0.717, 1.165) is 74.0 Å². The first-order valence-electron chi connectivity index (χ1n) is 9.68. The highest BCUT2D eigenvalue weighted by molar-refractivity contribution is 6.07. The molecule has 0 bridgehead atoms. The maximum Gasteiger partial charge on any atom is 0.129 e. The molecule has 0 saturated heterocycles. The van der Waals surface area contributed by atoms with Crippen LogP contribution < -0.4 is 5.32 Å². The summed E-state index contributed by atoms with van der Waals surface area (Å²) in [5, 5.41) is 4.83. The molecule has 1 aliphatic heterocycles. The molecule has 0 saturated carbocycles. The summed E-state index contributed by atoms with van der Waals surface area (Å²) in [6.07, 6.45) is 2.68. The first-order chi connectivity index (χ1) is 13.4. The number of hydrogen-bond acceptors (Lipinski definition) is 3. The van der Waals surface area contributed by atoms with Crippen molar-refractivity contribution in [2.45, 2.75) is 26.2 Å². The minimum Gasteiger partial charge on any atom is -0.382 e. The highest BCUT2D eigenvalue weighted by Crippen LogP contribution is 2.31. The van der Waals surface area contributed by atoms with Gasteiger partial charge < -0.3 is 9.47 Å². The Bertz CT molecular complexity index is 754. The molecule has 0 aromatic heterocycles. The fourth-order valence-electron chi connectivity index (χ4n) is 2.94. The summed E-state index contributed by atoms with van der Waals surface area (Å²) in [6.45, 7) is 5.01. The number of hydrogen-bond donors (Lipinski definition) is 0. The van der Waals surface area contributed by atoms with E-state index in [1.165, 1.54) is 0 Å². The normalized spacial score (nSPS) is 13.6. The highest BCUT2D eigenvalue weighted by Gasteiger charge is 2.21. The van der Waals surface area contributed by atoms with Gasteiger partial charge in [-0.25, -0.2) is 10.3 Å². The third-order valence-corrected chi connectivity index (χ3v) is 4.27. The molecule has 0 atom stereocenters. The highest BCUT2D eigenvalue weighted by atomic mass is 16.5. The van der Waals surface area contributed by atoms with Crippen molar-refractivity contribution in [3.8, 4) is 0 Å². The van der Waals surface area contributed by atoms with Gasteiger partial charge in [0.1, 0.15) is 5.84 Å². The van der Waals surface area contributed by atoms with Crippen molar-refractivity contribution in [2.75, 3.05) is 26.4 Å². The lowest BCUT2D eigenvalue weighted by molar-refractivity contribution is 0.0874. The third kappa shape index (κ3) is 5.78. The lowest BCUT2D eigenvalue weighted by atomic mass is 10.1. The van der Waals surface area contributed by atoms with Crippen LogP contribution in [0.5, 0.6) is 0 Å². The molecule has 4 heteroatoms. The molecule has 1 heterocycles. The topological polar surface area (TPSA) is 44.9 Å². The second-order valence-electron chi connectivity index (χ2n) is 6.34. The van der Waals surface area contributed by atoms with E-state index in [1.54, 1.807) is 0 Å². The summed E-state index contributed by atoms with van der Waals surface area (Å²) < 4.78 is 11.0. The lowest BCUT2D eigenvalue weighted by Crippen LogP contribution is -2.11. The van der Waals surface area contributed by atoms with Crippen LogP contribution in [0.3, 0.4) is 0 Å². The van der Waals surface area contributed by atoms with Crippen molar-refractivity contribution >= 4 is 17.2 Å². The van der Waals surface area contributed by atoms with E-state index >= 15 is 0 Å². The summed E-state index contributed by atoms with van der Waals surface area (Å²) in [4.78, 5) is 4.83. The van der Waals surface area contributed by atoms with E-state index in [9.17, 15) is 0 Å². The van der Waals surface area contributed by atoms with Gasteiger partial charge >= 0.3 is 0 Å². The fourth-order valence-corrected chi connectivity index (χ4v) is 2.94. The zero-order valence-corrected chi connectivity index (χ0v) is 15.9. The smallest absolute Gasteiger partial charge is 0.129 e. The Morgan fingerprint density at radius 3 is 1.96 bits per heavy atom. The average molecular weight is 363 g/mol. The molecule has 2 aromatic carbocycles. The zero-order valence-electron chi connectivity index (χ0n) is 15.9. The minimum absolute atomic E-state index is 0.724. The van der Waals surface area contributed by atoms with Gasteiger partial charge in [-0.1, -0.05) is 60.7 Å². The van der Waals surface area contributed by atoms with Crippen LogP contribution in [-0.2, 0) is 9.47 Å². The largest absolute Gasteiger partial charge is 0.382 e. The van der Waals surface area contributed by atoms with E-state index < -0.39 is 0 Å². The lowest BCUT2D eigenvalue weighted by Gasteiger charge is -2.06. The van der Waals surface area contributed by atoms with Gasteiger partial charge in [0, 0.05) is 44.0 Å². The van der Waals surface area contributed by atoms with Crippen molar-refractivity contribution in [1.82, 2.24) is 5.32 Å². The van der Waals surface area contributed by atoms with Crippen molar-refractivity contribution in [3.63, 3.8) is 0 Å². The fraction of sp³-hybridized carbons (Fsp3) is 0.348. The SMILES string of the molecule is CCOCCCOCCCC1=NC(c2ccccc2)=C(c2ccccc2)[N]1. The van der Waals surface area contributed by atoms with Crippen molar-refractivity contribution in [3.05, 3.63) is 71.8 Å². The number of benzene rings is 2. The Morgan fingerprint density at radius 2 is 1.30 bits per heavy atom. The first-order valence-corrected chi connectivity index (χ1v) is 9.68. The molecule has 0 amide bonds. The summed E-state index contributed by atoms with van der Waals surface area (Å²) in [5.41, 5.74) is 4.11. The van der Waals surface area contributed by atoms with Crippen molar-refractivity contribution in [1.29, 1.82) is 0 Å². The number of ether oxygens (including phenoxy) is 2. The standard InChI is InChI=1S/C23H27N2O2/c1-2-26-17-10-18-27-16-9-15-21-24-22(19-11-5-3-6-12-19)23(25-21)20-13-7-4-8-14-20/h3-8,11-14H,2,9-10,15-18H2,1H3. The third-order valence-electron chi connectivity index (χ3n) is 4.27. The first kappa shape index (κ1) is 19.3. The van der Waals surface area contributed by atoms with Crippen LogP contribution in [0, 0.1) is 0 Å². The van der Waals surface area contributed by atoms with Crippen molar-refractivity contribution in [2.24, 2.45) is 4.99 Å². The molecule has 0 aliphatic carbocycles. The van der Waals surface area contributed by atoms with Crippen LogP contribution >= 0.6 is 0 Å². The van der Waals surface area contributed by atoms with E-state index in [1.807, 2.05) is 43.3 Å². The summed E-state index contributed by atoms with van der Waals surface area (Å²) >= 11 is 0. The Hall–Kier alpha value is -2.43. The second kappa shape index (κ2) is 10.7. The molecule has 141 valence electrons. The van der Waals surface area contributed by atoms with Gasteiger partial charge in [-0.05, 0) is 19.8 Å². The number of amidine groups is 1. The molecule has 0 fully saturated rings. The van der Waals surface area contributed by atoms with Crippen LogP contribution in [0.1, 0.15) is 37.3 Å². The molecule has 2 aromatic rings. The summed E-state index contributed by atoms with van der Waals surface area (Å²) in [5.74, 6) is 0.880. The van der Waals surface area contributed by atoms with Crippen LogP contribution in [0.25, 0.3) is 11.4 Å². The summed E-state index contributed by atoms with van der Waals surface area (Å²) in [7, 11) is 0. The van der Waals surface area contributed by atoms with E-state index in [2.05, 4.69) is 24.3 Å². The molecule has 0 spiro atoms. The maximum absolute atomic E-state index is 5.67. The number of rotatable bonds is 11. The molecule has 1 aliphatic rings. The molecule has 0 N–H and O–H groups in total. The van der Waals surface area contributed by atoms with Crippen LogP contribution in [0.2, 0.25) is 0 Å². The van der Waals surface area contributed by atoms with E-state index in [0.29, 0.717) is 0 Å². The predicted octanol–water partition coefficient (Wildman–Crippen LogP) is 4.75. The van der Waals surface area contributed by atoms with E-state index in [4.69, 9.17) is 19.8 Å². The van der Waals surface area contributed by atoms with Gasteiger partial charge in [0.05, 0.1) is 11.4 Å². The Balaban J connectivity index is 1.56. The monoisotopic (exact) mass is 363 g/mol. The molecule has 1 radical (unpaired) electrons. The molecule has 27 heavy (non-hydrogen) atoms. The second-order valence-corrected chi connectivity index (χ2v) is 6.34. The van der Waals surface area contributed by atoms with Gasteiger partial charge in [-0.2, -0.15) is 0 Å². The van der Waals surface area contributed by atoms with Gasteiger partial charge in [0.2, 0.25) is 0 Å². The minimum atomic E-state index is 0.724. The number of aliphatic imine (C=N–C) groups is 1. The average Bonchev–Trinajstić information content (AvgIpc) is 3.15. The zero-order chi connectivity index (χ0) is 18.7. The molecular formula is C23H27N2O2. The van der Waals surface area contributed by atoms with Gasteiger partial charge in [0.25, 0.3) is 0 Å². The molecule has 0 unspecified atom stereocenters. The Labute approximate surface area is 161 Å². The number of nitrogens with zero attached hydrogens (tertiary/aromatic N) is 2. The van der Waals surface area contributed by atoms with Crippen LogP contribution in [0.4, 0.5) is 0 Å². The van der Waals surface area contributed by atoms with E-state index in [-0.39, 0.29) is 0 Å². The molecule has 4 nitrogen and oxygen atoms in total. The summed E-state index contributed by atoms with van der Waals surface area (Å²) in [6, 6.07) is 20.5. The molecule has 3 rings (SSSR count). The quantitative estimate of drug-likeness (QED) is 0.541. The van der Waals surface area contributed by atoms with Crippen molar-refractivity contribution < 1.29 is 9.47 Å². The van der Waals surface area contributed by atoms with Gasteiger partial charge in [-0.3, -0.25) is 0 Å². The van der Waals surface area contributed by atoms with Gasteiger partial charge in [0.15, 0.2) is 0 Å². The maximum atomic E-state index is 5.67. The Kier molecular flexibility index (Phi) is 7.63.